The molecule has 1 saturated carbocycles. The van der Waals surface area contributed by atoms with Crippen molar-refractivity contribution in [3.63, 3.8) is 0 Å². The minimum atomic E-state index is -1.15. The Balaban J connectivity index is 1.69. The number of nitrogens with two attached hydrogens (primary N) is 4. The van der Waals surface area contributed by atoms with Gasteiger partial charge in [-0.1, -0.05) is 48.9 Å². The van der Waals surface area contributed by atoms with E-state index in [9.17, 15) is 19.2 Å². The molecule has 1 aliphatic carbocycles. The molecule has 4 amide bonds. The Labute approximate surface area is 263 Å². The van der Waals surface area contributed by atoms with Crippen molar-refractivity contribution < 1.29 is 23.9 Å². The summed E-state index contributed by atoms with van der Waals surface area (Å²) in [4.78, 5) is 56.1. The highest BCUT2D eigenvalue weighted by atomic mass is 16.5. The fourth-order valence-corrected chi connectivity index (χ4v) is 4.83. The van der Waals surface area contributed by atoms with Crippen LogP contribution in [0.4, 0.5) is 0 Å². The highest BCUT2D eigenvalue weighted by Gasteiger charge is 2.32. The van der Waals surface area contributed by atoms with Gasteiger partial charge in [-0.2, -0.15) is 0 Å². The number of ether oxygens (including phenoxy) is 1. The van der Waals surface area contributed by atoms with Crippen LogP contribution in [0.5, 0.6) is 5.75 Å². The van der Waals surface area contributed by atoms with Crippen molar-refractivity contribution in [2.75, 3.05) is 13.1 Å². The van der Waals surface area contributed by atoms with E-state index in [0.717, 1.165) is 24.8 Å². The van der Waals surface area contributed by atoms with E-state index in [1.807, 2.05) is 30.3 Å². The zero-order chi connectivity index (χ0) is 32.6. The minimum Gasteiger partial charge on any atom is -0.489 e. The number of unbranched alkanes of at least 4 members (excludes halogenated alkanes) is 1. The maximum absolute atomic E-state index is 13.5. The Kier molecular flexibility index (Phi) is 14.1. The van der Waals surface area contributed by atoms with Gasteiger partial charge in [0.25, 0.3) is 0 Å². The molecule has 3 atom stereocenters. The Hall–Kier alpha value is -4.65. The van der Waals surface area contributed by atoms with Crippen molar-refractivity contribution in [1.29, 1.82) is 0 Å². The Morgan fingerprint density at radius 3 is 2.07 bits per heavy atom. The zero-order valence-electron chi connectivity index (χ0n) is 25.6. The maximum atomic E-state index is 13.5. The van der Waals surface area contributed by atoms with E-state index in [2.05, 4.69) is 20.9 Å². The van der Waals surface area contributed by atoms with Crippen LogP contribution in [0.15, 0.2) is 59.6 Å². The molecule has 3 rings (SSSR count). The van der Waals surface area contributed by atoms with Crippen LogP contribution in [-0.4, -0.2) is 54.8 Å². The van der Waals surface area contributed by atoms with Gasteiger partial charge in [0.2, 0.25) is 23.6 Å². The van der Waals surface area contributed by atoms with E-state index < -0.39 is 35.8 Å². The van der Waals surface area contributed by atoms with Crippen molar-refractivity contribution in [3.05, 3.63) is 65.7 Å². The van der Waals surface area contributed by atoms with Crippen LogP contribution in [0.1, 0.15) is 68.5 Å². The molecule has 244 valence electrons. The second-order valence-corrected chi connectivity index (χ2v) is 11.2. The lowest BCUT2D eigenvalue weighted by Crippen LogP contribution is -2.55. The van der Waals surface area contributed by atoms with Crippen LogP contribution < -0.4 is 43.6 Å². The molecular formula is C32H46N8O5. The molecule has 1 fully saturated rings. The van der Waals surface area contributed by atoms with Crippen molar-refractivity contribution in [3.8, 4) is 5.75 Å². The molecular weight excluding hydrogens is 576 g/mol. The number of hydrogen-bond acceptors (Lipinski definition) is 7. The summed E-state index contributed by atoms with van der Waals surface area (Å²) < 4.78 is 5.82. The molecule has 0 saturated heterocycles. The van der Waals surface area contributed by atoms with Gasteiger partial charge in [-0.15, -0.1) is 0 Å². The van der Waals surface area contributed by atoms with Gasteiger partial charge >= 0.3 is 0 Å². The van der Waals surface area contributed by atoms with E-state index in [0.29, 0.717) is 43.7 Å². The number of amides is 4. The predicted molar refractivity (Wildman–Crippen MR) is 171 cm³/mol. The normalized spacial score (nSPS) is 14.6. The predicted octanol–water partition coefficient (Wildman–Crippen LogP) is 0.861. The molecule has 0 heterocycles. The number of nitrogens with zero attached hydrogens (tertiary/aromatic N) is 1. The fourth-order valence-electron chi connectivity index (χ4n) is 4.83. The first-order valence-corrected chi connectivity index (χ1v) is 15.4. The van der Waals surface area contributed by atoms with Crippen LogP contribution >= 0.6 is 0 Å². The van der Waals surface area contributed by atoms with E-state index in [-0.39, 0.29) is 37.2 Å². The maximum Gasteiger partial charge on any atom is 0.244 e. The van der Waals surface area contributed by atoms with Crippen LogP contribution in [0, 0.1) is 5.92 Å². The smallest absolute Gasteiger partial charge is 0.244 e. The standard InChI is InChI=1S/C32H46N8O5/c33-18-5-4-12-25(39-30(43)26(13-7-19-37-32(35)36)38-29(42)23-10-6-11-23)31(44)40-27(28(34)41)22-14-16-24(17-15-22)45-20-21-8-2-1-3-9-21/h1-3,8-9,14-17,23,25-27H,4-7,10-13,18-20,33H2,(H2,34,41)(H,38,42)(H,39,43)(H,40,44)(H4,35,36,37)/t25-,26-,27+/m0/s1. The largest absolute Gasteiger partial charge is 0.489 e. The number of guanidine groups is 1. The number of carbonyl (C=O) groups is 4. The van der Waals surface area contributed by atoms with Crippen molar-refractivity contribution >= 4 is 29.6 Å². The molecule has 2 aromatic rings. The number of primary amides is 1. The van der Waals surface area contributed by atoms with Gasteiger partial charge in [-0.05, 0) is 74.8 Å². The summed E-state index contributed by atoms with van der Waals surface area (Å²) in [5.74, 6) is -1.68. The molecule has 0 aliphatic heterocycles. The molecule has 0 spiro atoms. The molecule has 45 heavy (non-hydrogen) atoms. The molecule has 0 bridgehead atoms. The van der Waals surface area contributed by atoms with Gasteiger partial charge in [-0.3, -0.25) is 24.2 Å². The third-order valence-corrected chi connectivity index (χ3v) is 7.67. The topological polar surface area (TPSA) is 230 Å². The summed E-state index contributed by atoms with van der Waals surface area (Å²) in [6, 6.07) is 13.3. The van der Waals surface area contributed by atoms with Gasteiger partial charge < -0.3 is 43.6 Å². The van der Waals surface area contributed by atoms with Crippen LogP contribution in [0.3, 0.4) is 0 Å². The molecule has 13 nitrogen and oxygen atoms in total. The van der Waals surface area contributed by atoms with Gasteiger partial charge in [0.05, 0.1) is 0 Å². The second kappa shape index (κ2) is 18.2. The molecule has 11 N–H and O–H groups in total. The second-order valence-electron chi connectivity index (χ2n) is 11.2. The van der Waals surface area contributed by atoms with Crippen molar-refractivity contribution in [2.24, 2.45) is 33.8 Å². The quantitative estimate of drug-likeness (QED) is 0.0673. The van der Waals surface area contributed by atoms with Gasteiger partial charge in [0.1, 0.15) is 30.5 Å². The highest BCUT2D eigenvalue weighted by Crippen LogP contribution is 2.26. The Morgan fingerprint density at radius 1 is 0.822 bits per heavy atom. The zero-order valence-corrected chi connectivity index (χ0v) is 25.6. The van der Waals surface area contributed by atoms with Gasteiger partial charge in [0.15, 0.2) is 5.96 Å². The first-order chi connectivity index (χ1) is 21.7. The van der Waals surface area contributed by atoms with Gasteiger partial charge in [0, 0.05) is 12.5 Å². The first kappa shape index (κ1) is 34.8. The first-order valence-electron chi connectivity index (χ1n) is 15.4. The third-order valence-electron chi connectivity index (χ3n) is 7.67. The van der Waals surface area contributed by atoms with Crippen LogP contribution in [0.25, 0.3) is 0 Å². The summed E-state index contributed by atoms with van der Waals surface area (Å²) in [6.07, 6.45) is 4.65. The van der Waals surface area contributed by atoms with E-state index >= 15 is 0 Å². The lowest BCUT2D eigenvalue weighted by molar-refractivity contribution is -0.135. The Bertz CT molecular complexity index is 1280. The van der Waals surface area contributed by atoms with Gasteiger partial charge in [-0.25, -0.2) is 0 Å². The molecule has 1 aliphatic rings. The summed E-state index contributed by atoms with van der Waals surface area (Å²) in [5, 5.41) is 8.30. The molecule has 0 unspecified atom stereocenters. The van der Waals surface area contributed by atoms with E-state index in [1.165, 1.54) is 0 Å². The molecule has 13 heteroatoms. The lowest BCUT2D eigenvalue weighted by Gasteiger charge is -2.28. The minimum absolute atomic E-state index is 0.0653. The number of aliphatic imine (C=N–C) groups is 1. The molecule has 0 radical (unpaired) electrons. The van der Waals surface area contributed by atoms with Crippen molar-refractivity contribution in [1.82, 2.24) is 16.0 Å². The average Bonchev–Trinajstić information content (AvgIpc) is 2.99. The summed E-state index contributed by atoms with van der Waals surface area (Å²) in [7, 11) is 0. The average molecular weight is 623 g/mol. The SMILES string of the molecule is NCCCC[C@H](NC(=O)[C@H](CCCN=C(N)N)NC(=O)C1CCC1)C(=O)N[C@@H](C(N)=O)c1ccc(OCc2ccccc2)cc1. The van der Waals surface area contributed by atoms with Crippen molar-refractivity contribution in [2.45, 2.75) is 76.1 Å². The molecule has 2 aromatic carbocycles. The summed E-state index contributed by atoms with van der Waals surface area (Å²) in [5.41, 5.74) is 23.6. The number of benzene rings is 2. The summed E-state index contributed by atoms with van der Waals surface area (Å²) >= 11 is 0. The highest BCUT2D eigenvalue weighted by molar-refractivity contribution is 5.94. The number of rotatable bonds is 19. The molecule has 0 aromatic heterocycles. The monoisotopic (exact) mass is 622 g/mol. The number of carbonyl (C=O) groups excluding carboxylic acids is 4. The summed E-state index contributed by atoms with van der Waals surface area (Å²) in [6.45, 7) is 1.06. The van der Waals surface area contributed by atoms with Crippen LogP contribution in [-0.2, 0) is 25.8 Å². The third kappa shape index (κ3) is 11.8. The number of nitrogens with one attached hydrogen (secondary N) is 3. The lowest BCUT2D eigenvalue weighted by atomic mass is 9.84. The number of hydrogen-bond donors (Lipinski definition) is 7. The van der Waals surface area contributed by atoms with E-state index in [4.69, 9.17) is 27.7 Å². The Morgan fingerprint density at radius 2 is 1.47 bits per heavy atom. The fraction of sp³-hybridized carbons (Fsp3) is 0.469. The van der Waals surface area contributed by atoms with Crippen LogP contribution in [0.2, 0.25) is 0 Å². The van der Waals surface area contributed by atoms with E-state index in [1.54, 1.807) is 24.3 Å².